The average Bonchev–Trinajstić information content (AvgIpc) is 2.52. The number of amides is 1. The number of hydrogen-bond acceptors (Lipinski definition) is 3. The van der Waals surface area contributed by atoms with Gasteiger partial charge in [0.15, 0.2) is 0 Å². The molecule has 0 bridgehead atoms. The van der Waals surface area contributed by atoms with Crippen LogP contribution in [0.15, 0.2) is 40.2 Å². The van der Waals surface area contributed by atoms with E-state index in [1.54, 1.807) is 6.07 Å². The van der Waals surface area contributed by atoms with E-state index < -0.39 is 10.0 Å². The molecule has 1 rings (SSSR count). The van der Waals surface area contributed by atoms with Crippen LogP contribution < -0.4 is 10.0 Å². The summed E-state index contributed by atoms with van der Waals surface area (Å²) in [5, 5.41) is 2.82. The maximum absolute atomic E-state index is 12.2. The van der Waals surface area contributed by atoms with Gasteiger partial charge in [-0.15, -0.1) is 6.58 Å². The molecule has 0 heterocycles. The molecular weight excluding hydrogens is 380 g/mol. The van der Waals surface area contributed by atoms with Crippen molar-refractivity contribution in [2.45, 2.75) is 37.5 Å². The van der Waals surface area contributed by atoms with Gasteiger partial charge in [0, 0.05) is 17.6 Å². The smallest absolute Gasteiger partial charge is 0.252 e. The summed E-state index contributed by atoms with van der Waals surface area (Å²) in [4.78, 5) is 12.3. The zero-order chi connectivity index (χ0) is 17.3. The molecule has 0 aromatic heterocycles. The number of carbonyl (C=O) groups is 1. The van der Waals surface area contributed by atoms with Crippen LogP contribution in [0.5, 0.6) is 0 Å². The van der Waals surface area contributed by atoms with Crippen LogP contribution in [0.1, 0.15) is 43.0 Å². The van der Waals surface area contributed by atoms with Gasteiger partial charge in [-0.1, -0.05) is 32.3 Å². The first kappa shape index (κ1) is 19.9. The van der Waals surface area contributed by atoms with E-state index in [0.29, 0.717) is 16.6 Å². The van der Waals surface area contributed by atoms with Crippen molar-refractivity contribution < 1.29 is 13.2 Å². The van der Waals surface area contributed by atoms with Crippen LogP contribution >= 0.6 is 15.9 Å². The maximum Gasteiger partial charge on any atom is 0.252 e. The molecule has 0 unspecified atom stereocenters. The van der Waals surface area contributed by atoms with Crippen LogP contribution in [-0.4, -0.2) is 27.4 Å². The van der Waals surface area contributed by atoms with Crippen molar-refractivity contribution in [2.24, 2.45) is 0 Å². The number of carbonyl (C=O) groups excluding carboxylic acids is 1. The summed E-state index contributed by atoms with van der Waals surface area (Å²) < 4.78 is 27.2. The molecule has 7 heteroatoms. The summed E-state index contributed by atoms with van der Waals surface area (Å²) in [6.07, 6.45) is 5.72. The molecule has 5 nitrogen and oxygen atoms in total. The van der Waals surface area contributed by atoms with Crippen molar-refractivity contribution in [3.05, 3.63) is 40.9 Å². The second kappa shape index (κ2) is 9.85. The van der Waals surface area contributed by atoms with Crippen molar-refractivity contribution in [1.82, 2.24) is 10.0 Å². The van der Waals surface area contributed by atoms with Gasteiger partial charge in [-0.2, -0.15) is 0 Å². The zero-order valence-corrected chi connectivity index (χ0v) is 15.7. The minimum Gasteiger partial charge on any atom is -0.352 e. The second-order valence-electron chi connectivity index (χ2n) is 5.10. The maximum atomic E-state index is 12.2. The molecule has 0 atom stereocenters. The Labute approximate surface area is 146 Å². The van der Waals surface area contributed by atoms with E-state index in [1.165, 1.54) is 18.2 Å². The summed E-state index contributed by atoms with van der Waals surface area (Å²) in [6, 6.07) is 4.39. The Kier molecular flexibility index (Phi) is 8.51. The van der Waals surface area contributed by atoms with E-state index >= 15 is 0 Å². The lowest BCUT2D eigenvalue weighted by Crippen LogP contribution is -2.26. The average molecular weight is 403 g/mol. The molecule has 1 amide bonds. The Morgan fingerprint density at radius 1 is 1.30 bits per heavy atom. The minimum atomic E-state index is -3.65. The van der Waals surface area contributed by atoms with E-state index in [4.69, 9.17) is 0 Å². The van der Waals surface area contributed by atoms with Crippen molar-refractivity contribution in [3.8, 4) is 0 Å². The van der Waals surface area contributed by atoms with Gasteiger partial charge in [0.2, 0.25) is 10.0 Å². The van der Waals surface area contributed by atoms with Crippen LogP contribution in [0, 0.1) is 0 Å². The zero-order valence-electron chi connectivity index (χ0n) is 13.3. The fraction of sp³-hybridized carbons (Fsp3) is 0.438. The van der Waals surface area contributed by atoms with Crippen molar-refractivity contribution in [1.29, 1.82) is 0 Å². The van der Waals surface area contributed by atoms with Crippen molar-refractivity contribution in [2.75, 3.05) is 13.1 Å². The topological polar surface area (TPSA) is 75.3 Å². The quantitative estimate of drug-likeness (QED) is 0.465. The van der Waals surface area contributed by atoms with E-state index in [9.17, 15) is 13.2 Å². The fourth-order valence-electron chi connectivity index (χ4n) is 1.95. The summed E-state index contributed by atoms with van der Waals surface area (Å²) in [7, 11) is -3.65. The highest BCUT2D eigenvalue weighted by Gasteiger charge is 2.17. The highest BCUT2D eigenvalue weighted by molar-refractivity contribution is 9.10. The second-order valence-corrected chi connectivity index (χ2v) is 7.72. The van der Waals surface area contributed by atoms with Gasteiger partial charge in [-0.05, 0) is 40.5 Å². The molecule has 23 heavy (non-hydrogen) atoms. The third kappa shape index (κ3) is 6.45. The molecule has 1 aromatic carbocycles. The molecule has 1 aromatic rings. The standard InChI is InChI=1S/C16H23BrN2O3S/c1-3-5-6-7-11-18-16(20)14-12-13(8-9-15(14)17)23(21,22)19-10-4-2/h4,8-9,12,19H,2-3,5-7,10-11H2,1H3,(H,18,20). The molecule has 0 saturated heterocycles. The number of hydrogen-bond donors (Lipinski definition) is 2. The molecular formula is C16H23BrN2O3S. The molecule has 0 spiro atoms. The van der Waals surface area contributed by atoms with Gasteiger partial charge in [0.05, 0.1) is 10.5 Å². The highest BCUT2D eigenvalue weighted by Crippen LogP contribution is 2.21. The van der Waals surface area contributed by atoms with Crippen LogP contribution in [-0.2, 0) is 10.0 Å². The summed E-state index contributed by atoms with van der Waals surface area (Å²) in [6.45, 7) is 6.32. The van der Waals surface area contributed by atoms with Gasteiger partial charge in [-0.25, -0.2) is 13.1 Å². The van der Waals surface area contributed by atoms with E-state index in [0.717, 1.165) is 25.7 Å². The molecule has 0 fully saturated rings. The predicted octanol–water partition coefficient (Wildman–Crippen LogP) is 3.22. The number of benzene rings is 1. The Morgan fingerprint density at radius 3 is 2.70 bits per heavy atom. The number of halogens is 1. The third-order valence-corrected chi connectivity index (χ3v) is 5.34. The number of rotatable bonds is 10. The Balaban J connectivity index is 2.80. The number of unbranched alkanes of at least 4 members (excludes halogenated alkanes) is 3. The molecule has 128 valence electrons. The lowest BCUT2D eigenvalue weighted by atomic mass is 10.2. The number of nitrogens with one attached hydrogen (secondary N) is 2. The van der Waals surface area contributed by atoms with E-state index in [-0.39, 0.29) is 17.3 Å². The molecule has 2 N–H and O–H groups in total. The van der Waals surface area contributed by atoms with E-state index in [1.807, 2.05) is 0 Å². The molecule has 0 saturated carbocycles. The van der Waals surface area contributed by atoms with Crippen LogP contribution in [0.4, 0.5) is 0 Å². The van der Waals surface area contributed by atoms with Gasteiger partial charge in [0.1, 0.15) is 0 Å². The summed E-state index contributed by atoms with van der Waals surface area (Å²) in [5.41, 5.74) is 0.307. The SMILES string of the molecule is C=CCNS(=O)(=O)c1ccc(Br)c(C(=O)NCCCCCC)c1. The molecule has 0 radical (unpaired) electrons. The largest absolute Gasteiger partial charge is 0.352 e. The van der Waals surface area contributed by atoms with Gasteiger partial charge < -0.3 is 5.32 Å². The van der Waals surface area contributed by atoms with Crippen LogP contribution in [0.25, 0.3) is 0 Å². The van der Waals surface area contributed by atoms with Gasteiger partial charge in [0.25, 0.3) is 5.91 Å². The van der Waals surface area contributed by atoms with Crippen molar-refractivity contribution >= 4 is 31.9 Å². The Morgan fingerprint density at radius 2 is 2.04 bits per heavy atom. The van der Waals surface area contributed by atoms with Gasteiger partial charge in [-0.3, -0.25) is 4.79 Å². The van der Waals surface area contributed by atoms with Crippen LogP contribution in [0.3, 0.4) is 0 Å². The normalized spacial score (nSPS) is 11.2. The molecule has 0 aliphatic rings. The lowest BCUT2D eigenvalue weighted by molar-refractivity contribution is 0.0952. The highest BCUT2D eigenvalue weighted by atomic mass is 79.9. The first-order valence-corrected chi connectivity index (χ1v) is 9.88. The molecule has 0 aliphatic heterocycles. The Hall–Kier alpha value is -1.18. The minimum absolute atomic E-state index is 0.0543. The summed E-state index contributed by atoms with van der Waals surface area (Å²) in [5.74, 6) is -0.283. The summed E-state index contributed by atoms with van der Waals surface area (Å²) >= 11 is 3.29. The van der Waals surface area contributed by atoms with Crippen LogP contribution in [0.2, 0.25) is 0 Å². The third-order valence-electron chi connectivity index (χ3n) is 3.23. The monoisotopic (exact) mass is 402 g/mol. The first-order valence-electron chi connectivity index (χ1n) is 7.60. The Bertz CT molecular complexity index is 645. The van der Waals surface area contributed by atoms with E-state index in [2.05, 4.69) is 39.5 Å². The van der Waals surface area contributed by atoms with Crippen molar-refractivity contribution in [3.63, 3.8) is 0 Å². The first-order chi connectivity index (χ1) is 10.9. The predicted molar refractivity (Wildman–Crippen MR) is 96.0 cm³/mol. The fourth-order valence-corrected chi connectivity index (χ4v) is 3.40. The number of sulfonamides is 1. The molecule has 0 aliphatic carbocycles. The lowest BCUT2D eigenvalue weighted by Gasteiger charge is -2.10. The van der Waals surface area contributed by atoms with Gasteiger partial charge >= 0.3 is 0 Å².